The maximum absolute atomic E-state index is 12.8. The van der Waals surface area contributed by atoms with Gasteiger partial charge in [-0.3, -0.25) is 4.79 Å². The minimum absolute atomic E-state index is 0.154. The van der Waals surface area contributed by atoms with E-state index in [0.717, 1.165) is 32.3 Å². The number of fused-ring (bicyclic) bond motifs is 1. The summed E-state index contributed by atoms with van der Waals surface area (Å²) in [5, 5.41) is 13.5. The second-order valence-corrected chi connectivity index (χ2v) is 9.99. The number of thiophene rings is 2. The molecule has 0 N–H and O–H groups in total. The Morgan fingerprint density at radius 2 is 1.62 bits per heavy atom. The van der Waals surface area contributed by atoms with Gasteiger partial charge in [0.05, 0.1) is 15.0 Å². The number of hydrogen-bond acceptors (Lipinski definition) is 7. The summed E-state index contributed by atoms with van der Waals surface area (Å²) < 4.78 is 0. The Kier molecular flexibility index (Phi) is 4.81. The van der Waals surface area contributed by atoms with Crippen LogP contribution >= 0.6 is 34.4 Å². The number of rotatable bonds is 4. The zero-order chi connectivity index (χ0) is 20.0. The van der Waals surface area contributed by atoms with Gasteiger partial charge in [0.25, 0.3) is 0 Å². The van der Waals surface area contributed by atoms with Crippen LogP contribution in [0, 0.1) is 13.8 Å². The Bertz CT molecular complexity index is 1230. The van der Waals surface area contributed by atoms with Gasteiger partial charge in [0, 0.05) is 5.56 Å². The molecule has 3 aromatic heterocycles. The van der Waals surface area contributed by atoms with Crippen molar-refractivity contribution < 1.29 is 4.79 Å². The molecule has 0 amide bonds. The van der Waals surface area contributed by atoms with E-state index in [0.29, 0.717) is 11.6 Å². The first-order valence-corrected chi connectivity index (χ1v) is 11.9. The van der Waals surface area contributed by atoms with Crippen molar-refractivity contribution >= 4 is 40.2 Å². The van der Waals surface area contributed by atoms with Crippen LogP contribution in [0.3, 0.4) is 0 Å². The van der Waals surface area contributed by atoms with E-state index in [9.17, 15) is 4.79 Å². The zero-order valence-electron chi connectivity index (χ0n) is 15.9. The van der Waals surface area contributed by atoms with Crippen molar-refractivity contribution in [2.45, 2.75) is 30.7 Å². The molecule has 0 fully saturated rings. The van der Waals surface area contributed by atoms with E-state index in [2.05, 4.69) is 46.9 Å². The van der Waals surface area contributed by atoms with Gasteiger partial charge in [0.1, 0.15) is 11.4 Å². The first-order valence-electron chi connectivity index (χ1n) is 9.24. The summed E-state index contributed by atoms with van der Waals surface area (Å²) in [5.74, 6) is 0.154. The van der Waals surface area contributed by atoms with Crippen molar-refractivity contribution in [2.24, 2.45) is 0 Å². The van der Waals surface area contributed by atoms with Crippen LogP contribution in [0.25, 0.3) is 21.1 Å². The van der Waals surface area contributed by atoms with Crippen LogP contribution in [0.2, 0.25) is 0 Å². The van der Waals surface area contributed by atoms with E-state index in [1.807, 2.05) is 24.3 Å². The van der Waals surface area contributed by atoms with Gasteiger partial charge in [-0.25, -0.2) is 4.98 Å². The van der Waals surface area contributed by atoms with Crippen molar-refractivity contribution in [1.82, 2.24) is 15.2 Å². The quantitative estimate of drug-likeness (QED) is 0.403. The van der Waals surface area contributed by atoms with Gasteiger partial charge in [0.15, 0.2) is 5.78 Å². The molecule has 5 rings (SSSR count). The Labute approximate surface area is 181 Å². The van der Waals surface area contributed by atoms with Gasteiger partial charge >= 0.3 is 0 Å². The molecular formula is C22H17N3OS3. The Morgan fingerprint density at radius 1 is 0.931 bits per heavy atom. The van der Waals surface area contributed by atoms with Crippen LogP contribution < -0.4 is 0 Å². The second kappa shape index (κ2) is 7.48. The summed E-state index contributed by atoms with van der Waals surface area (Å²) in [5.41, 5.74) is 5.92. The number of Topliss-reactive ketones (excluding diaryl/α,β-unsaturated/α-hetero) is 1. The molecule has 0 bridgehead atoms. The van der Waals surface area contributed by atoms with Crippen molar-refractivity contribution in [3.05, 3.63) is 69.4 Å². The molecule has 1 aliphatic carbocycles. The Balaban J connectivity index is 1.54. The third-order valence-corrected chi connectivity index (χ3v) is 8.15. The standard InChI is InChI=1S/C22H17N3OS3/c1-12-7-9-27-20(12)17-18(21-13(2)8-10-28-21)24-25-22(23-17)29-16-11-14-5-3-4-6-15(14)19(16)26/h3-10,16H,11H2,1-2H3/t16-/m1/s1. The number of aromatic nitrogens is 3. The molecule has 0 aliphatic heterocycles. The number of nitrogens with zero attached hydrogens (tertiary/aromatic N) is 3. The van der Waals surface area contributed by atoms with E-state index in [4.69, 9.17) is 4.98 Å². The lowest BCUT2D eigenvalue weighted by Gasteiger charge is -2.10. The Hall–Kier alpha value is -2.35. The van der Waals surface area contributed by atoms with Crippen molar-refractivity contribution in [3.8, 4) is 21.1 Å². The van der Waals surface area contributed by atoms with Gasteiger partial charge < -0.3 is 0 Å². The van der Waals surface area contributed by atoms with E-state index in [-0.39, 0.29) is 11.0 Å². The highest BCUT2D eigenvalue weighted by atomic mass is 32.2. The molecule has 7 heteroatoms. The van der Waals surface area contributed by atoms with E-state index in [1.54, 1.807) is 22.7 Å². The highest BCUT2D eigenvalue weighted by Crippen LogP contribution is 2.39. The van der Waals surface area contributed by atoms with E-state index in [1.165, 1.54) is 22.9 Å². The summed E-state index contributed by atoms with van der Waals surface area (Å²) in [6.07, 6.45) is 0.710. The smallest absolute Gasteiger partial charge is 0.210 e. The molecule has 144 valence electrons. The molecule has 0 radical (unpaired) electrons. The third-order valence-electron chi connectivity index (χ3n) is 5.05. The number of hydrogen-bond donors (Lipinski definition) is 0. The van der Waals surface area contributed by atoms with Crippen LogP contribution in [-0.4, -0.2) is 26.2 Å². The van der Waals surface area contributed by atoms with Gasteiger partial charge in [0.2, 0.25) is 5.16 Å². The highest BCUT2D eigenvalue weighted by molar-refractivity contribution is 8.00. The third kappa shape index (κ3) is 3.33. The van der Waals surface area contributed by atoms with Crippen LogP contribution in [0.1, 0.15) is 27.0 Å². The number of thioether (sulfide) groups is 1. The molecule has 29 heavy (non-hydrogen) atoms. The van der Waals surface area contributed by atoms with Crippen molar-refractivity contribution in [3.63, 3.8) is 0 Å². The number of benzene rings is 1. The van der Waals surface area contributed by atoms with Crippen molar-refractivity contribution in [1.29, 1.82) is 0 Å². The van der Waals surface area contributed by atoms with E-state index >= 15 is 0 Å². The molecule has 1 aromatic carbocycles. The number of aryl methyl sites for hydroxylation is 2. The summed E-state index contributed by atoms with van der Waals surface area (Å²) in [7, 11) is 0. The predicted molar refractivity (Wildman–Crippen MR) is 120 cm³/mol. The fourth-order valence-corrected chi connectivity index (χ4v) is 6.34. The summed E-state index contributed by atoms with van der Waals surface area (Å²) >= 11 is 4.73. The minimum atomic E-state index is -0.194. The molecule has 0 spiro atoms. The van der Waals surface area contributed by atoms with Gasteiger partial charge in [-0.05, 0) is 59.9 Å². The summed E-state index contributed by atoms with van der Waals surface area (Å²) in [4.78, 5) is 19.9. The predicted octanol–water partition coefficient (Wildman–Crippen LogP) is 5.85. The Morgan fingerprint density at radius 3 is 2.28 bits per heavy atom. The fraction of sp³-hybridized carbons (Fsp3) is 0.182. The molecular weight excluding hydrogens is 418 g/mol. The maximum atomic E-state index is 12.8. The number of ketones is 1. The molecule has 1 aliphatic rings. The molecule has 3 heterocycles. The monoisotopic (exact) mass is 435 g/mol. The SMILES string of the molecule is Cc1ccsc1-c1nnc(S[C@@H]2Cc3ccccc3C2=O)nc1-c1sccc1C. The number of carbonyl (C=O) groups excluding carboxylic acids is 1. The molecule has 1 atom stereocenters. The molecule has 4 nitrogen and oxygen atoms in total. The minimum Gasteiger partial charge on any atom is -0.293 e. The summed E-state index contributed by atoms with van der Waals surface area (Å²) in [6.45, 7) is 4.17. The molecule has 0 unspecified atom stereocenters. The molecule has 4 aromatic rings. The fourth-order valence-electron chi connectivity index (χ4n) is 3.53. The van der Waals surface area contributed by atoms with Gasteiger partial charge in [-0.1, -0.05) is 36.0 Å². The lowest BCUT2D eigenvalue weighted by molar-refractivity contribution is 0.1000. The second-order valence-electron chi connectivity index (χ2n) is 6.99. The lowest BCUT2D eigenvalue weighted by atomic mass is 10.1. The van der Waals surface area contributed by atoms with Gasteiger partial charge in [-0.15, -0.1) is 32.9 Å². The van der Waals surface area contributed by atoms with Crippen LogP contribution in [0.15, 0.2) is 52.3 Å². The first-order chi connectivity index (χ1) is 14.1. The molecule has 0 saturated carbocycles. The first kappa shape index (κ1) is 18.7. The number of carbonyl (C=O) groups is 1. The normalized spacial score (nSPS) is 15.7. The maximum Gasteiger partial charge on any atom is 0.210 e. The van der Waals surface area contributed by atoms with Crippen LogP contribution in [0.4, 0.5) is 0 Å². The lowest BCUT2D eigenvalue weighted by Crippen LogP contribution is -2.12. The highest BCUT2D eigenvalue weighted by Gasteiger charge is 2.32. The largest absolute Gasteiger partial charge is 0.293 e. The molecule has 0 saturated heterocycles. The van der Waals surface area contributed by atoms with Crippen molar-refractivity contribution in [2.75, 3.05) is 0 Å². The zero-order valence-corrected chi connectivity index (χ0v) is 18.3. The van der Waals surface area contributed by atoms with Crippen LogP contribution in [-0.2, 0) is 6.42 Å². The summed E-state index contributed by atoms with van der Waals surface area (Å²) in [6, 6.07) is 12.0. The van der Waals surface area contributed by atoms with E-state index < -0.39 is 0 Å². The van der Waals surface area contributed by atoms with Gasteiger partial charge in [-0.2, -0.15) is 0 Å². The van der Waals surface area contributed by atoms with Crippen LogP contribution in [0.5, 0.6) is 0 Å². The average Bonchev–Trinajstić information content (AvgIpc) is 3.42. The topological polar surface area (TPSA) is 55.7 Å². The average molecular weight is 436 g/mol.